The fourth-order valence-corrected chi connectivity index (χ4v) is 1.72. The maximum atomic E-state index is 5.38. The van der Waals surface area contributed by atoms with Gasteiger partial charge in [0.25, 0.3) is 0 Å². The summed E-state index contributed by atoms with van der Waals surface area (Å²) in [5.74, 6) is 0.923. The Kier molecular flexibility index (Phi) is 3.74. The molecule has 0 fully saturated rings. The molecule has 0 radical (unpaired) electrons. The summed E-state index contributed by atoms with van der Waals surface area (Å²) in [4.78, 5) is 4.24. The van der Waals surface area contributed by atoms with Gasteiger partial charge >= 0.3 is 0 Å². The Morgan fingerprint density at radius 3 is 2.75 bits per heavy atom. The first-order valence-electron chi connectivity index (χ1n) is 5.10. The zero-order valence-corrected chi connectivity index (χ0v) is 10.6. The molecule has 0 atom stereocenters. The van der Waals surface area contributed by atoms with Crippen molar-refractivity contribution in [2.45, 2.75) is 20.0 Å². The molecule has 2 aromatic heterocycles. The highest BCUT2D eigenvalue weighted by molar-refractivity contribution is 9.10. The van der Waals surface area contributed by atoms with Gasteiger partial charge in [-0.1, -0.05) is 6.07 Å². The minimum Gasteiger partial charge on any atom is -0.453 e. The molecule has 0 aliphatic carbocycles. The molecule has 2 rings (SSSR count). The number of aromatic nitrogens is 1. The smallest absolute Gasteiger partial charge is 0.169 e. The van der Waals surface area contributed by atoms with Gasteiger partial charge in [-0.25, -0.2) is 0 Å². The normalized spacial score (nSPS) is 10.6. The lowest BCUT2D eigenvalue weighted by Gasteiger charge is -2.02. The Labute approximate surface area is 103 Å². The van der Waals surface area contributed by atoms with E-state index < -0.39 is 0 Å². The van der Waals surface area contributed by atoms with Crippen LogP contribution in [0, 0.1) is 6.92 Å². The van der Waals surface area contributed by atoms with E-state index in [1.54, 1.807) is 0 Å². The second-order valence-electron chi connectivity index (χ2n) is 3.62. The van der Waals surface area contributed by atoms with Crippen molar-refractivity contribution in [3.8, 4) is 0 Å². The van der Waals surface area contributed by atoms with Crippen LogP contribution in [-0.2, 0) is 13.1 Å². The number of hydrogen-bond donors (Lipinski definition) is 1. The van der Waals surface area contributed by atoms with Gasteiger partial charge in [0.1, 0.15) is 5.76 Å². The standard InChI is InChI=1S/C12H13BrN2O/c1-9-2-3-10(7-15-9)6-14-8-11-4-5-12(13)16-11/h2-5,7,14H,6,8H2,1H3. The van der Waals surface area contributed by atoms with Crippen LogP contribution in [0.15, 0.2) is 39.5 Å². The summed E-state index contributed by atoms with van der Waals surface area (Å²) in [5, 5.41) is 3.30. The first-order chi connectivity index (χ1) is 7.74. The zero-order chi connectivity index (χ0) is 11.4. The summed E-state index contributed by atoms with van der Waals surface area (Å²) in [6, 6.07) is 7.93. The number of rotatable bonds is 4. The van der Waals surface area contributed by atoms with Crippen LogP contribution in [0.5, 0.6) is 0 Å². The topological polar surface area (TPSA) is 38.1 Å². The van der Waals surface area contributed by atoms with Crippen molar-refractivity contribution in [3.63, 3.8) is 0 Å². The molecule has 0 aliphatic heterocycles. The third kappa shape index (κ3) is 3.18. The lowest BCUT2D eigenvalue weighted by Crippen LogP contribution is -2.12. The lowest BCUT2D eigenvalue weighted by atomic mass is 10.2. The summed E-state index contributed by atoms with van der Waals surface area (Å²) >= 11 is 3.27. The highest BCUT2D eigenvalue weighted by Gasteiger charge is 1.99. The fourth-order valence-electron chi connectivity index (χ4n) is 1.38. The predicted octanol–water partition coefficient (Wildman–Crippen LogP) is 3.04. The van der Waals surface area contributed by atoms with Crippen molar-refractivity contribution >= 4 is 15.9 Å². The maximum absolute atomic E-state index is 5.38. The van der Waals surface area contributed by atoms with Crippen LogP contribution in [0.25, 0.3) is 0 Å². The first-order valence-corrected chi connectivity index (χ1v) is 5.90. The molecule has 0 amide bonds. The van der Waals surface area contributed by atoms with Gasteiger partial charge < -0.3 is 9.73 Å². The summed E-state index contributed by atoms with van der Waals surface area (Å²) in [6.07, 6.45) is 1.89. The van der Waals surface area contributed by atoms with Crippen LogP contribution in [0.2, 0.25) is 0 Å². The quantitative estimate of drug-likeness (QED) is 0.936. The molecular weight excluding hydrogens is 268 g/mol. The molecule has 0 unspecified atom stereocenters. The van der Waals surface area contributed by atoms with Crippen molar-refractivity contribution in [3.05, 3.63) is 52.1 Å². The van der Waals surface area contributed by atoms with Gasteiger partial charge in [0.2, 0.25) is 0 Å². The van der Waals surface area contributed by atoms with Crippen molar-refractivity contribution in [1.29, 1.82) is 0 Å². The van der Waals surface area contributed by atoms with E-state index in [9.17, 15) is 0 Å². The molecule has 3 nitrogen and oxygen atoms in total. The molecule has 2 aromatic rings. The van der Waals surface area contributed by atoms with Crippen LogP contribution in [0.3, 0.4) is 0 Å². The SMILES string of the molecule is Cc1ccc(CNCc2ccc(Br)o2)cn1. The lowest BCUT2D eigenvalue weighted by molar-refractivity contribution is 0.465. The molecular formula is C12H13BrN2O. The number of furan rings is 1. The average Bonchev–Trinajstić information content (AvgIpc) is 2.67. The second kappa shape index (κ2) is 5.27. The van der Waals surface area contributed by atoms with E-state index in [0.29, 0.717) is 0 Å². The monoisotopic (exact) mass is 280 g/mol. The molecule has 0 aliphatic rings. The Morgan fingerprint density at radius 2 is 2.12 bits per heavy atom. The van der Waals surface area contributed by atoms with Crippen molar-refractivity contribution in [2.75, 3.05) is 0 Å². The fraction of sp³-hybridized carbons (Fsp3) is 0.250. The number of halogens is 1. The van der Waals surface area contributed by atoms with Crippen molar-refractivity contribution in [1.82, 2.24) is 10.3 Å². The van der Waals surface area contributed by atoms with Crippen molar-refractivity contribution < 1.29 is 4.42 Å². The summed E-state index contributed by atoms with van der Waals surface area (Å²) in [5.41, 5.74) is 2.22. The Balaban J connectivity index is 1.82. The van der Waals surface area contributed by atoms with E-state index in [0.717, 1.165) is 29.2 Å². The van der Waals surface area contributed by atoms with E-state index in [1.165, 1.54) is 5.56 Å². The van der Waals surface area contributed by atoms with Gasteiger partial charge in [0, 0.05) is 18.4 Å². The van der Waals surface area contributed by atoms with Crippen LogP contribution in [0.1, 0.15) is 17.0 Å². The van der Waals surface area contributed by atoms with Gasteiger partial charge in [-0.2, -0.15) is 0 Å². The molecule has 0 spiro atoms. The summed E-state index contributed by atoms with van der Waals surface area (Å²) in [7, 11) is 0. The molecule has 0 saturated heterocycles. The number of nitrogens with zero attached hydrogens (tertiary/aromatic N) is 1. The van der Waals surface area contributed by atoms with Crippen LogP contribution in [-0.4, -0.2) is 4.98 Å². The van der Waals surface area contributed by atoms with E-state index in [4.69, 9.17) is 4.42 Å². The van der Waals surface area contributed by atoms with Gasteiger partial charge in [-0.3, -0.25) is 4.98 Å². The Hall–Kier alpha value is -1.13. The average molecular weight is 281 g/mol. The number of nitrogens with one attached hydrogen (secondary N) is 1. The third-order valence-corrected chi connectivity index (χ3v) is 2.66. The third-order valence-electron chi connectivity index (χ3n) is 2.23. The molecule has 4 heteroatoms. The van der Waals surface area contributed by atoms with E-state index in [2.05, 4.69) is 32.3 Å². The predicted molar refractivity (Wildman–Crippen MR) is 65.9 cm³/mol. The molecule has 0 saturated carbocycles. The van der Waals surface area contributed by atoms with Gasteiger partial charge in [0.15, 0.2) is 4.67 Å². The van der Waals surface area contributed by atoms with E-state index in [-0.39, 0.29) is 0 Å². The Bertz CT molecular complexity index is 450. The second-order valence-corrected chi connectivity index (χ2v) is 4.40. The van der Waals surface area contributed by atoms with Crippen molar-refractivity contribution in [2.24, 2.45) is 0 Å². The molecule has 0 aromatic carbocycles. The summed E-state index contributed by atoms with van der Waals surface area (Å²) in [6.45, 7) is 3.50. The highest BCUT2D eigenvalue weighted by Crippen LogP contribution is 2.13. The van der Waals surface area contributed by atoms with Crippen LogP contribution in [0.4, 0.5) is 0 Å². The van der Waals surface area contributed by atoms with Crippen LogP contribution < -0.4 is 5.32 Å². The minimum absolute atomic E-state index is 0.722. The largest absolute Gasteiger partial charge is 0.453 e. The Morgan fingerprint density at radius 1 is 1.25 bits per heavy atom. The zero-order valence-electron chi connectivity index (χ0n) is 9.03. The number of aryl methyl sites for hydroxylation is 1. The molecule has 16 heavy (non-hydrogen) atoms. The molecule has 0 bridgehead atoms. The van der Waals surface area contributed by atoms with E-state index in [1.807, 2.05) is 31.3 Å². The molecule has 2 heterocycles. The molecule has 84 valence electrons. The first kappa shape index (κ1) is 11.4. The summed E-state index contributed by atoms with van der Waals surface area (Å²) < 4.78 is 6.14. The van der Waals surface area contributed by atoms with Gasteiger partial charge in [-0.05, 0) is 46.6 Å². The highest BCUT2D eigenvalue weighted by atomic mass is 79.9. The van der Waals surface area contributed by atoms with Gasteiger partial charge in [0.05, 0.1) is 6.54 Å². The van der Waals surface area contributed by atoms with E-state index >= 15 is 0 Å². The minimum atomic E-state index is 0.722. The maximum Gasteiger partial charge on any atom is 0.169 e. The number of pyridine rings is 1. The van der Waals surface area contributed by atoms with Gasteiger partial charge in [-0.15, -0.1) is 0 Å². The molecule has 1 N–H and O–H groups in total. The number of hydrogen-bond acceptors (Lipinski definition) is 3. The van der Waals surface area contributed by atoms with Crippen LogP contribution >= 0.6 is 15.9 Å².